The monoisotopic (exact) mass is 468 g/mol. The van der Waals surface area contributed by atoms with E-state index in [-0.39, 0.29) is 10.8 Å². The molecule has 1 aliphatic rings. The van der Waals surface area contributed by atoms with Crippen LogP contribution in [-0.4, -0.2) is 0 Å². The van der Waals surface area contributed by atoms with E-state index in [1.807, 2.05) is 11.8 Å². The topological polar surface area (TPSA) is 3.88 Å². The van der Waals surface area contributed by atoms with Crippen LogP contribution in [0.25, 0.3) is 32.8 Å². The van der Waals surface area contributed by atoms with Crippen molar-refractivity contribution in [1.29, 1.82) is 0 Å². The fourth-order valence-electron chi connectivity index (χ4n) is 5.65. The molecule has 0 unspecified atom stereocenters. The van der Waals surface area contributed by atoms with E-state index in [2.05, 4.69) is 110 Å². The average Bonchev–Trinajstić information content (AvgIpc) is 2.70. The van der Waals surface area contributed by atoms with Gasteiger partial charge < -0.3 is 0 Å². The Bertz CT molecular complexity index is 1460. The van der Waals surface area contributed by atoms with Gasteiger partial charge in [-0.25, -0.2) is 4.57 Å². The highest BCUT2D eigenvalue weighted by molar-refractivity contribution is 7.99. The number of hydrogen-bond acceptors (Lipinski definition) is 1. The minimum atomic E-state index is 0.211. The second-order valence-corrected chi connectivity index (χ2v) is 13.8. The molecular formula is C32H38NS+. The molecule has 0 aliphatic carbocycles. The van der Waals surface area contributed by atoms with Crippen molar-refractivity contribution in [3.8, 4) is 11.3 Å². The molecule has 4 aromatic rings. The van der Waals surface area contributed by atoms with Crippen LogP contribution in [0.1, 0.15) is 63.8 Å². The van der Waals surface area contributed by atoms with Crippen LogP contribution in [0.15, 0.2) is 52.4 Å². The fraction of sp³-hybridized carbons (Fsp3) is 0.406. The zero-order chi connectivity index (χ0) is 24.6. The van der Waals surface area contributed by atoms with E-state index in [0.717, 1.165) is 12.8 Å². The lowest BCUT2D eigenvalue weighted by Crippen LogP contribution is -2.32. The van der Waals surface area contributed by atoms with Crippen molar-refractivity contribution in [2.75, 3.05) is 0 Å². The first-order chi connectivity index (χ1) is 15.8. The molecule has 0 saturated carbocycles. The maximum Gasteiger partial charge on any atom is 0.222 e. The SMILES string of the molecule is Cc1ccc2c(C)c3c(c(CC(C)(C)C)c2c1)Sc1cc(CC(C)(C)C)cc2cc[n+](C)c-3c12. The van der Waals surface area contributed by atoms with Crippen molar-refractivity contribution in [3.63, 3.8) is 0 Å². The van der Waals surface area contributed by atoms with Crippen LogP contribution >= 0.6 is 11.8 Å². The lowest BCUT2D eigenvalue weighted by Gasteiger charge is -2.28. The van der Waals surface area contributed by atoms with E-state index in [1.165, 1.54) is 64.8 Å². The van der Waals surface area contributed by atoms with Gasteiger partial charge in [0.05, 0.1) is 10.9 Å². The third kappa shape index (κ3) is 4.05. The van der Waals surface area contributed by atoms with Crippen LogP contribution in [0.2, 0.25) is 0 Å². The van der Waals surface area contributed by atoms with Crippen LogP contribution < -0.4 is 4.57 Å². The van der Waals surface area contributed by atoms with Crippen molar-refractivity contribution < 1.29 is 4.57 Å². The Morgan fingerprint density at radius 1 is 0.824 bits per heavy atom. The zero-order valence-electron chi connectivity index (χ0n) is 22.3. The Labute approximate surface area is 209 Å². The predicted octanol–water partition coefficient (Wildman–Crippen LogP) is 8.74. The summed E-state index contributed by atoms with van der Waals surface area (Å²) in [6.45, 7) is 18.6. The van der Waals surface area contributed by atoms with E-state index in [0.29, 0.717) is 0 Å². The number of pyridine rings is 1. The molecule has 0 fully saturated rings. The molecule has 2 heteroatoms. The Morgan fingerprint density at radius 3 is 2.21 bits per heavy atom. The lowest BCUT2D eigenvalue weighted by molar-refractivity contribution is -0.659. The van der Waals surface area contributed by atoms with Gasteiger partial charge in [0.15, 0.2) is 6.20 Å². The Morgan fingerprint density at radius 2 is 1.53 bits per heavy atom. The molecule has 3 aromatic carbocycles. The fourth-order valence-corrected chi connectivity index (χ4v) is 7.05. The molecule has 1 aromatic heterocycles. The molecule has 0 amide bonds. The first-order valence-electron chi connectivity index (χ1n) is 12.5. The maximum atomic E-state index is 2.47. The Hall–Kier alpha value is -2.32. The number of fused-ring (bicyclic) bond motifs is 3. The predicted molar refractivity (Wildman–Crippen MR) is 148 cm³/mol. The molecule has 34 heavy (non-hydrogen) atoms. The summed E-state index contributed by atoms with van der Waals surface area (Å²) in [6.07, 6.45) is 4.41. The number of rotatable bonds is 2. The van der Waals surface area contributed by atoms with E-state index < -0.39 is 0 Å². The number of nitrogens with zero attached hydrogens (tertiary/aromatic N) is 1. The molecular weight excluding hydrogens is 430 g/mol. The highest BCUT2D eigenvalue weighted by atomic mass is 32.2. The van der Waals surface area contributed by atoms with Gasteiger partial charge >= 0.3 is 0 Å². The molecule has 176 valence electrons. The van der Waals surface area contributed by atoms with Gasteiger partial charge in [0.25, 0.3) is 0 Å². The van der Waals surface area contributed by atoms with E-state index >= 15 is 0 Å². The highest BCUT2D eigenvalue weighted by Gasteiger charge is 2.33. The largest absolute Gasteiger partial charge is 0.222 e. The summed E-state index contributed by atoms with van der Waals surface area (Å²) in [7, 11) is 2.21. The second kappa shape index (κ2) is 7.85. The van der Waals surface area contributed by atoms with Crippen LogP contribution in [0.5, 0.6) is 0 Å². The molecule has 5 rings (SSSR count). The first kappa shape index (κ1) is 23.4. The lowest BCUT2D eigenvalue weighted by atomic mass is 9.82. The van der Waals surface area contributed by atoms with Crippen LogP contribution in [-0.2, 0) is 19.9 Å². The molecule has 0 N–H and O–H groups in total. The molecule has 1 nitrogen and oxygen atoms in total. The number of benzene rings is 3. The van der Waals surface area contributed by atoms with Crippen molar-refractivity contribution in [3.05, 3.63) is 64.8 Å². The van der Waals surface area contributed by atoms with Crippen molar-refractivity contribution in [2.24, 2.45) is 17.9 Å². The zero-order valence-corrected chi connectivity index (χ0v) is 23.1. The summed E-state index contributed by atoms with van der Waals surface area (Å²) < 4.78 is 2.35. The second-order valence-electron chi connectivity index (χ2n) is 12.8. The van der Waals surface area contributed by atoms with Crippen molar-refractivity contribution in [1.82, 2.24) is 0 Å². The van der Waals surface area contributed by atoms with E-state index in [4.69, 9.17) is 0 Å². The minimum Gasteiger partial charge on any atom is -0.200 e. The smallest absolute Gasteiger partial charge is 0.200 e. The molecule has 0 radical (unpaired) electrons. The third-order valence-corrected chi connectivity index (χ3v) is 8.13. The summed E-state index contributed by atoms with van der Waals surface area (Å²) in [6, 6.07) is 14.2. The van der Waals surface area contributed by atoms with Crippen LogP contribution in [0.4, 0.5) is 0 Å². The molecule has 0 spiro atoms. The van der Waals surface area contributed by atoms with Crippen molar-refractivity contribution in [2.45, 2.75) is 78.0 Å². The van der Waals surface area contributed by atoms with Gasteiger partial charge in [0.1, 0.15) is 7.05 Å². The molecule has 0 saturated heterocycles. The quantitative estimate of drug-likeness (QED) is 0.234. The number of aryl methyl sites for hydroxylation is 3. The van der Waals surface area contributed by atoms with Crippen LogP contribution in [0, 0.1) is 24.7 Å². The Balaban J connectivity index is 1.90. The third-order valence-electron chi connectivity index (χ3n) is 6.93. The average molecular weight is 469 g/mol. The standard InChI is InChI=1S/C32H38NS/c1-19-10-11-23-20(2)27-29-28-22(12-13-33(29)9)15-21(17-31(3,4)5)16-26(28)34-30(27)25(24(23)14-19)18-32(6,7)8/h10-16H,17-18H2,1-9H3/q+1. The van der Waals surface area contributed by atoms with E-state index in [9.17, 15) is 0 Å². The normalized spacial score (nSPS) is 13.6. The first-order valence-corrected chi connectivity index (χ1v) is 13.3. The van der Waals surface area contributed by atoms with Gasteiger partial charge in [0, 0.05) is 15.9 Å². The van der Waals surface area contributed by atoms with Crippen molar-refractivity contribution >= 4 is 33.3 Å². The molecule has 0 atom stereocenters. The van der Waals surface area contributed by atoms with Gasteiger partial charge in [-0.2, -0.15) is 0 Å². The van der Waals surface area contributed by atoms with Gasteiger partial charge in [0.2, 0.25) is 5.69 Å². The summed E-state index contributed by atoms with van der Waals surface area (Å²) in [4.78, 5) is 2.88. The van der Waals surface area contributed by atoms with E-state index in [1.54, 1.807) is 0 Å². The summed E-state index contributed by atoms with van der Waals surface area (Å²) in [5.41, 5.74) is 8.98. The van der Waals surface area contributed by atoms with Gasteiger partial charge in [-0.1, -0.05) is 83.1 Å². The highest BCUT2D eigenvalue weighted by Crippen LogP contribution is 2.52. The minimum absolute atomic E-state index is 0.211. The molecule has 2 heterocycles. The number of hydrogen-bond donors (Lipinski definition) is 0. The molecule has 1 aliphatic heterocycles. The summed E-state index contributed by atoms with van der Waals surface area (Å²) in [5, 5.41) is 5.61. The van der Waals surface area contributed by atoms with Gasteiger partial charge in [-0.3, -0.25) is 0 Å². The molecule has 0 bridgehead atoms. The summed E-state index contributed by atoms with van der Waals surface area (Å²) >= 11 is 2.01. The van der Waals surface area contributed by atoms with Crippen LogP contribution in [0.3, 0.4) is 0 Å². The summed E-state index contributed by atoms with van der Waals surface area (Å²) in [5.74, 6) is 0. The maximum absolute atomic E-state index is 2.47. The number of aromatic nitrogens is 1. The Kier molecular flexibility index (Phi) is 5.41. The van der Waals surface area contributed by atoms with Gasteiger partial charge in [-0.05, 0) is 76.4 Å². The van der Waals surface area contributed by atoms with Gasteiger partial charge in [-0.15, -0.1) is 0 Å².